The van der Waals surface area contributed by atoms with E-state index in [0.717, 1.165) is 36.3 Å². The zero-order chi connectivity index (χ0) is 11.5. The predicted octanol–water partition coefficient (Wildman–Crippen LogP) is 2.99. The van der Waals surface area contributed by atoms with Crippen LogP contribution < -0.4 is 5.32 Å². The van der Waals surface area contributed by atoms with Crippen LogP contribution in [0.25, 0.3) is 0 Å². The molecule has 0 spiro atoms. The zero-order valence-corrected chi connectivity index (χ0v) is 8.69. The lowest BCUT2D eigenvalue weighted by atomic mass is 10.3. The molecule has 0 fully saturated rings. The Balaban J connectivity index is 2.08. The lowest BCUT2D eigenvalue weighted by Crippen LogP contribution is -2.14. The van der Waals surface area contributed by atoms with E-state index < -0.39 is 17.5 Å². The molecule has 0 saturated heterocycles. The maximum atomic E-state index is 13.2. The quantitative estimate of drug-likeness (QED) is 0.863. The summed E-state index contributed by atoms with van der Waals surface area (Å²) in [5.74, 6) is -1.83. The average Bonchev–Trinajstić information content (AvgIpc) is 2.25. The third kappa shape index (κ3) is 2.57. The molecule has 1 heterocycles. The Labute approximate surface area is 94.3 Å². The van der Waals surface area contributed by atoms with Crippen LogP contribution in [-0.4, -0.2) is 6.21 Å². The first-order valence-corrected chi connectivity index (χ1v) is 5.13. The van der Waals surface area contributed by atoms with Gasteiger partial charge < -0.3 is 5.32 Å². The summed E-state index contributed by atoms with van der Waals surface area (Å²) in [6.45, 7) is 0. The van der Waals surface area contributed by atoms with Gasteiger partial charge in [-0.15, -0.1) is 0 Å². The van der Waals surface area contributed by atoms with E-state index in [2.05, 4.69) is 10.3 Å². The van der Waals surface area contributed by atoms with Crippen molar-refractivity contribution in [1.82, 2.24) is 5.32 Å². The molecule has 16 heavy (non-hydrogen) atoms. The Morgan fingerprint density at radius 3 is 2.62 bits per heavy atom. The molecule has 2 rings (SSSR count). The Kier molecular flexibility index (Phi) is 3.19. The van der Waals surface area contributed by atoms with E-state index in [9.17, 15) is 13.2 Å². The van der Waals surface area contributed by atoms with Gasteiger partial charge in [-0.05, 0) is 12.1 Å². The van der Waals surface area contributed by atoms with Crippen LogP contribution in [0.1, 0.15) is 0 Å². The van der Waals surface area contributed by atoms with Crippen LogP contribution in [0.2, 0.25) is 0 Å². The molecule has 2 nitrogen and oxygen atoms in total. The van der Waals surface area contributed by atoms with Crippen LogP contribution in [0.15, 0.2) is 40.1 Å². The van der Waals surface area contributed by atoms with E-state index in [4.69, 9.17) is 0 Å². The van der Waals surface area contributed by atoms with E-state index in [-0.39, 0.29) is 4.90 Å². The summed E-state index contributed by atoms with van der Waals surface area (Å²) in [6.07, 6.45) is 2.12. The van der Waals surface area contributed by atoms with Gasteiger partial charge in [0.05, 0.1) is 6.21 Å². The number of thioether (sulfide) groups is 1. The fraction of sp³-hybridized carbons (Fsp3) is 0. The molecule has 0 atom stereocenters. The largest absolute Gasteiger partial charge is 0.352 e. The number of hydrogen-bond acceptors (Lipinski definition) is 3. The summed E-state index contributed by atoms with van der Waals surface area (Å²) in [6, 6.07) is 3.23. The van der Waals surface area contributed by atoms with Crippen LogP contribution in [0.5, 0.6) is 0 Å². The molecular formula is C10H6F3N2S. The highest BCUT2D eigenvalue weighted by atomic mass is 32.2. The van der Waals surface area contributed by atoms with E-state index in [1.807, 2.05) is 0 Å². The summed E-state index contributed by atoms with van der Waals surface area (Å²) >= 11 is 0.957. The van der Waals surface area contributed by atoms with Crippen molar-refractivity contribution >= 4 is 18.0 Å². The molecule has 6 heteroatoms. The second-order valence-corrected chi connectivity index (χ2v) is 3.94. The van der Waals surface area contributed by atoms with Crippen molar-refractivity contribution in [2.45, 2.75) is 4.90 Å². The lowest BCUT2D eigenvalue weighted by Gasteiger charge is -2.13. The normalized spacial score (nSPS) is 15.8. The molecule has 0 unspecified atom stereocenters. The minimum absolute atomic E-state index is 0.219. The molecule has 1 aliphatic heterocycles. The van der Waals surface area contributed by atoms with Crippen molar-refractivity contribution in [2.75, 3.05) is 0 Å². The third-order valence-electron chi connectivity index (χ3n) is 1.74. The number of halogens is 3. The molecule has 1 N–H and O–H groups in total. The molecule has 1 aromatic rings. The van der Waals surface area contributed by atoms with Gasteiger partial charge in [-0.3, -0.25) is 0 Å². The number of allylic oxidation sites excluding steroid dienone is 1. The maximum absolute atomic E-state index is 13.2. The molecule has 83 valence electrons. The van der Waals surface area contributed by atoms with Crippen LogP contribution in [-0.2, 0) is 0 Å². The smallest absolute Gasteiger partial charge is 0.236 e. The van der Waals surface area contributed by atoms with Gasteiger partial charge in [-0.25, -0.2) is 18.2 Å². The van der Waals surface area contributed by atoms with E-state index in [1.165, 1.54) is 6.07 Å². The molecule has 0 bridgehead atoms. The van der Waals surface area contributed by atoms with Crippen molar-refractivity contribution < 1.29 is 13.2 Å². The second-order valence-electron chi connectivity index (χ2n) is 2.91. The zero-order valence-electron chi connectivity index (χ0n) is 7.88. The highest BCUT2D eigenvalue weighted by Gasteiger charge is 2.15. The van der Waals surface area contributed by atoms with Gasteiger partial charge in [0.2, 0.25) is 5.50 Å². The van der Waals surface area contributed by atoms with Crippen molar-refractivity contribution in [3.05, 3.63) is 47.4 Å². The van der Waals surface area contributed by atoms with Crippen molar-refractivity contribution in [2.24, 2.45) is 4.99 Å². The fourth-order valence-electron chi connectivity index (χ4n) is 1.04. The van der Waals surface area contributed by atoms with Gasteiger partial charge in [0.25, 0.3) is 0 Å². The topological polar surface area (TPSA) is 24.4 Å². The highest BCUT2D eigenvalue weighted by Crippen LogP contribution is 2.31. The SMILES string of the molecule is FC1=CN[C](Sc2ccc(F)cc2F)N=C1. The standard InChI is InChI=1S/C10H6F3N2S/c11-6-1-2-9(8(13)3-6)16-10-14-4-7(12)5-15-10/h1-5,14H. The lowest BCUT2D eigenvalue weighted by molar-refractivity contribution is 0.565. The second kappa shape index (κ2) is 4.61. The van der Waals surface area contributed by atoms with Crippen LogP contribution in [0.4, 0.5) is 13.2 Å². The number of benzene rings is 1. The summed E-state index contributed by atoms with van der Waals surface area (Å²) in [7, 11) is 0. The van der Waals surface area contributed by atoms with Crippen molar-refractivity contribution in [1.29, 1.82) is 0 Å². The van der Waals surface area contributed by atoms with Crippen molar-refractivity contribution in [3.63, 3.8) is 0 Å². The van der Waals surface area contributed by atoms with Gasteiger partial charge >= 0.3 is 0 Å². The van der Waals surface area contributed by atoms with Crippen LogP contribution in [0.3, 0.4) is 0 Å². The first-order chi connectivity index (χ1) is 7.65. The van der Waals surface area contributed by atoms with Crippen molar-refractivity contribution in [3.8, 4) is 0 Å². The molecule has 1 aromatic carbocycles. The molecule has 0 saturated carbocycles. The van der Waals surface area contributed by atoms with Gasteiger partial charge in [0.15, 0.2) is 5.83 Å². The molecular weight excluding hydrogens is 237 g/mol. The van der Waals surface area contributed by atoms with Crippen LogP contribution in [0, 0.1) is 17.1 Å². The Hall–Kier alpha value is -1.43. The van der Waals surface area contributed by atoms with E-state index in [0.29, 0.717) is 5.50 Å². The van der Waals surface area contributed by atoms with Gasteiger partial charge in [0, 0.05) is 17.2 Å². The summed E-state index contributed by atoms with van der Waals surface area (Å²) in [5, 5.41) is 2.54. The highest BCUT2D eigenvalue weighted by molar-refractivity contribution is 8.02. The predicted molar refractivity (Wildman–Crippen MR) is 56.3 cm³/mol. The molecule has 1 radical (unpaired) electrons. The Morgan fingerprint density at radius 2 is 2.00 bits per heavy atom. The van der Waals surface area contributed by atoms with Gasteiger partial charge in [-0.2, -0.15) is 0 Å². The van der Waals surface area contributed by atoms with Gasteiger partial charge in [-0.1, -0.05) is 11.8 Å². The summed E-state index contributed by atoms with van der Waals surface area (Å²) < 4.78 is 38.4. The minimum Gasteiger partial charge on any atom is -0.352 e. The van der Waals surface area contributed by atoms with Gasteiger partial charge in [0.1, 0.15) is 11.6 Å². The molecule has 1 aliphatic rings. The number of rotatable bonds is 2. The Bertz CT molecular complexity index is 459. The summed E-state index contributed by atoms with van der Waals surface area (Å²) in [5.41, 5.74) is 0.326. The third-order valence-corrected chi connectivity index (χ3v) is 2.71. The Morgan fingerprint density at radius 1 is 1.19 bits per heavy atom. The number of aliphatic imine (C=N–C) groups is 1. The van der Waals surface area contributed by atoms with Crippen LogP contribution >= 0.6 is 11.8 Å². The number of hydrogen-bond donors (Lipinski definition) is 1. The van der Waals surface area contributed by atoms with E-state index in [1.54, 1.807) is 0 Å². The number of nitrogens with zero attached hydrogens (tertiary/aromatic N) is 1. The number of nitrogens with one attached hydrogen (secondary N) is 1. The minimum atomic E-state index is -0.676. The average molecular weight is 243 g/mol. The van der Waals surface area contributed by atoms with E-state index >= 15 is 0 Å². The fourth-order valence-corrected chi connectivity index (χ4v) is 1.77. The molecule has 0 aromatic heterocycles. The first kappa shape index (κ1) is 11.1. The molecule has 0 aliphatic carbocycles. The molecule has 0 amide bonds. The first-order valence-electron chi connectivity index (χ1n) is 4.31. The monoisotopic (exact) mass is 243 g/mol. The maximum Gasteiger partial charge on any atom is 0.236 e. The summed E-state index contributed by atoms with van der Waals surface area (Å²) in [4.78, 5) is 3.93.